The highest BCUT2D eigenvalue weighted by Gasteiger charge is 2.31. The first-order chi connectivity index (χ1) is 10.1. The van der Waals surface area contributed by atoms with Gasteiger partial charge < -0.3 is 5.43 Å². The van der Waals surface area contributed by atoms with E-state index >= 15 is 0 Å². The molecule has 0 unspecified atom stereocenters. The lowest BCUT2D eigenvalue weighted by Gasteiger charge is -2.24. The molecule has 1 aliphatic rings. The van der Waals surface area contributed by atoms with Crippen LogP contribution in [0.1, 0.15) is 32.1 Å². The van der Waals surface area contributed by atoms with E-state index in [0.717, 1.165) is 25.7 Å². The van der Waals surface area contributed by atoms with Crippen LogP contribution in [0.2, 0.25) is 0 Å². The van der Waals surface area contributed by atoms with E-state index in [1.165, 1.54) is 17.8 Å². The van der Waals surface area contributed by atoms with Gasteiger partial charge in [-0.2, -0.15) is 9.29 Å². The molecule has 0 bridgehead atoms. The van der Waals surface area contributed by atoms with Crippen molar-refractivity contribution in [2.24, 2.45) is 5.84 Å². The molecule has 9 heteroatoms. The number of hydrogen-bond donors (Lipinski definition) is 2. The number of imidazole rings is 1. The Labute approximate surface area is 127 Å². The van der Waals surface area contributed by atoms with Gasteiger partial charge in [-0.1, -0.05) is 19.3 Å². The zero-order valence-electron chi connectivity index (χ0n) is 11.7. The Balaban J connectivity index is 2.03. The summed E-state index contributed by atoms with van der Waals surface area (Å²) in [7, 11) is -3.60. The fourth-order valence-corrected chi connectivity index (χ4v) is 5.19. The molecule has 3 heterocycles. The van der Waals surface area contributed by atoms with Crippen LogP contribution in [0.15, 0.2) is 16.6 Å². The molecule has 2 aromatic rings. The van der Waals surface area contributed by atoms with Gasteiger partial charge in [0.15, 0.2) is 10.8 Å². The minimum Gasteiger partial charge on any atom is -0.306 e. The number of hydrazine groups is 1. The van der Waals surface area contributed by atoms with Crippen LogP contribution in [0.25, 0.3) is 4.96 Å². The standard InChI is InChI=1S/C12H19N5O2S2/c13-15-10-11(17-8-9-20-12(17)14-10)21(18,19)16-6-4-2-1-3-5-7-16/h8-9,15H,1-7,13H2. The number of hydrogen-bond acceptors (Lipinski definition) is 6. The van der Waals surface area contributed by atoms with Gasteiger partial charge in [-0.3, -0.25) is 4.40 Å². The van der Waals surface area contributed by atoms with Crippen LogP contribution < -0.4 is 11.3 Å². The highest BCUT2D eigenvalue weighted by Crippen LogP contribution is 2.28. The maximum atomic E-state index is 13.0. The van der Waals surface area contributed by atoms with Gasteiger partial charge >= 0.3 is 0 Å². The summed E-state index contributed by atoms with van der Waals surface area (Å²) in [4.78, 5) is 4.85. The molecule has 3 N–H and O–H groups in total. The largest absolute Gasteiger partial charge is 0.306 e. The number of fused-ring (bicyclic) bond motifs is 1. The van der Waals surface area contributed by atoms with E-state index in [2.05, 4.69) is 10.4 Å². The van der Waals surface area contributed by atoms with Crippen molar-refractivity contribution in [1.29, 1.82) is 0 Å². The topological polar surface area (TPSA) is 92.7 Å². The fourth-order valence-electron chi connectivity index (χ4n) is 2.69. The molecule has 1 saturated heterocycles. The molecule has 3 rings (SSSR count). The van der Waals surface area contributed by atoms with Crippen LogP contribution in [0.3, 0.4) is 0 Å². The predicted molar refractivity (Wildman–Crippen MR) is 82.7 cm³/mol. The van der Waals surface area contributed by atoms with Crippen molar-refractivity contribution < 1.29 is 8.42 Å². The quantitative estimate of drug-likeness (QED) is 0.659. The molecule has 0 aromatic carbocycles. The van der Waals surface area contributed by atoms with Gasteiger partial charge in [-0.15, -0.1) is 11.3 Å². The summed E-state index contributed by atoms with van der Waals surface area (Å²) < 4.78 is 29.1. The summed E-state index contributed by atoms with van der Waals surface area (Å²) in [6.45, 7) is 1.12. The van der Waals surface area contributed by atoms with Gasteiger partial charge in [0.05, 0.1) is 0 Å². The number of rotatable bonds is 3. The molecule has 2 aromatic heterocycles. The van der Waals surface area contributed by atoms with E-state index in [4.69, 9.17) is 5.84 Å². The summed E-state index contributed by atoms with van der Waals surface area (Å²) >= 11 is 1.38. The van der Waals surface area contributed by atoms with Gasteiger partial charge in [-0.05, 0) is 12.8 Å². The van der Waals surface area contributed by atoms with Crippen LogP contribution in [-0.2, 0) is 10.0 Å². The Morgan fingerprint density at radius 2 is 1.86 bits per heavy atom. The molecule has 0 radical (unpaired) electrons. The van der Waals surface area contributed by atoms with Crippen LogP contribution in [0.4, 0.5) is 5.82 Å². The molecule has 7 nitrogen and oxygen atoms in total. The molecule has 0 saturated carbocycles. The lowest BCUT2D eigenvalue weighted by Crippen LogP contribution is -2.35. The zero-order valence-corrected chi connectivity index (χ0v) is 13.3. The molecule has 0 spiro atoms. The smallest absolute Gasteiger partial charge is 0.262 e. The highest BCUT2D eigenvalue weighted by molar-refractivity contribution is 7.89. The number of aromatic nitrogens is 2. The Bertz CT molecular complexity index is 713. The molecule has 21 heavy (non-hydrogen) atoms. The van der Waals surface area contributed by atoms with Crippen molar-refractivity contribution in [3.05, 3.63) is 11.6 Å². The van der Waals surface area contributed by atoms with E-state index in [1.54, 1.807) is 14.9 Å². The Kier molecular flexibility index (Phi) is 4.16. The second kappa shape index (κ2) is 5.91. The minimum absolute atomic E-state index is 0.141. The third-order valence-corrected chi connectivity index (χ3v) is 6.43. The number of nitrogens with zero attached hydrogens (tertiary/aromatic N) is 3. The first-order valence-electron chi connectivity index (χ1n) is 7.07. The van der Waals surface area contributed by atoms with E-state index in [9.17, 15) is 8.42 Å². The van der Waals surface area contributed by atoms with Gasteiger partial charge in [0, 0.05) is 24.7 Å². The molecule has 1 fully saturated rings. The molecule has 1 aliphatic heterocycles. The van der Waals surface area contributed by atoms with E-state index in [1.807, 2.05) is 5.38 Å². The van der Waals surface area contributed by atoms with Crippen LogP contribution in [0, 0.1) is 0 Å². The van der Waals surface area contributed by atoms with Crippen molar-refractivity contribution in [1.82, 2.24) is 13.7 Å². The summed E-state index contributed by atoms with van der Waals surface area (Å²) in [5.41, 5.74) is 2.41. The average Bonchev–Trinajstić information content (AvgIpc) is 2.96. The van der Waals surface area contributed by atoms with Crippen LogP contribution >= 0.6 is 11.3 Å². The van der Waals surface area contributed by atoms with Gasteiger partial charge in [-0.25, -0.2) is 14.3 Å². The van der Waals surface area contributed by atoms with Crippen molar-refractivity contribution in [3.8, 4) is 0 Å². The van der Waals surface area contributed by atoms with Gasteiger partial charge in [0.2, 0.25) is 5.03 Å². The van der Waals surface area contributed by atoms with Crippen LogP contribution in [-0.4, -0.2) is 35.2 Å². The molecule has 0 amide bonds. The number of sulfonamides is 1. The van der Waals surface area contributed by atoms with Crippen LogP contribution in [0.5, 0.6) is 0 Å². The summed E-state index contributed by atoms with van der Waals surface area (Å²) in [6, 6.07) is 0. The second-order valence-electron chi connectivity index (χ2n) is 5.14. The minimum atomic E-state index is -3.60. The van der Waals surface area contributed by atoms with Crippen molar-refractivity contribution in [2.45, 2.75) is 37.1 Å². The first kappa shape index (κ1) is 14.8. The Morgan fingerprint density at radius 3 is 2.52 bits per heavy atom. The summed E-state index contributed by atoms with van der Waals surface area (Å²) in [6.07, 6.45) is 6.85. The van der Waals surface area contributed by atoms with Gasteiger partial charge in [0.1, 0.15) is 0 Å². The monoisotopic (exact) mass is 329 g/mol. The van der Waals surface area contributed by atoms with E-state index in [-0.39, 0.29) is 10.8 Å². The van der Waals surface area contributed by atoms with Crippen molar-refractivity contribution >= 4 is 32.1 Å². The number of nitrogens with one attached hydrogen (secondary N) is 1. The highest BCUT2D eigenvalue weighted by atomic mass is 32.2. The lowest BCUT2D eigenvalue weighted by molar-refractivity contribution is 0.363. The zero-order chi connectivity index (χ0) is 14.9. The van der Waals surface area contributed by atoms with Gasteiger partial charge in [0.25, 0.3) is 10.0 Å². The fraction of sp³-hybridized carbons (Fsp3) is 0.583. The van der Waals surface area contributed by atoms with E-state index in [0.29, 0.717) is 18.1 Å². The summed E-state index contributed by atoms with van der Waals surface area (Å²) in [5, 5.41) is 1.96. The number of anilines is 1. The molecular formula is C12H19N5O2S2. The second-order valence-corrected chi connectivity index (χ2v) is 7.86. The Hall–Kier alpha value is -1.16. The molecule has 0 atom stereocenters. The third-order valence-electron chi connectivity index (χ3n) is 3.75. The average molecular weight is 329 g/mol. The van der Waals surface area contributed by atoms with Crippen molar-refractivity contribution in [3.63, 3.8) is 0 Å². The SMILES string of the molecule is NNc1nc2sccn2c1S(=O)(=O)N1CCCCCCC1. The lowest BCUT2D eigenvalue weighted by atomic mass is 10.1. The predicted octanol–water partition coefficient (Wildman–Crippen LogP) is 1.64. The van der Waals surface area contributed by atoms with E-state index < -0.39 is 10.0 Å². The normalized spacial score (nSPS) is 18.5. The molecule has 0 aliphatic carbocycles. The number of thiazole rings is 1. The Morgan fingerprint density at radius 1 is 1.19 bits per heavy atom. The first-order valence-corrected chi connectivity index (χ1v) is 9.39. The van der Waals surface area contributed by atoms with Crippen molar-refractivity contribution in [2.75, 3.05) is 18.5 Å². The molecule has 116 valence electrons. The number of nitrogens with two attached hydrogens (primary N) is 1. The maximum absolute atomic E-state index is 13.0. The molecular weight excluding hydrogens is 310 g/mol. The number of nitrogen functional groups attached to an aromatic ring is 1. The third kappa shape index (κ3) is 2.66. The summed E-state index contributed by atoms with van der Waals surface area (Å²) in [5.74, 6) is 5.66. The maximum Gasteiger partial charge on any atom is 0.262 e.